The molecule has 2 rings (SSSR count). The van der Waals surface area contributed by atoms with Gasteiger partial charge in [0.25, 0.3) is 0 Å². The Morgan fingerprint density at radius 3 is 2.79 bits per heavy atom. The molecule has 0 atom stereocenters. The Bertz CT molecular complexity index is 620. The standard InChI is InChI=1S/C15H13ClN2O/c1-18-10-11-4-2-5-12(8-11)19-15-7-3-6-14(16)13(15)9-17/h2-8,18H,10H2,1H3. The van der Waals surface area contributed by atoms with E-state index in [1.807, 2.05) is 31.3 Å². The average Bonchev–Trinajstić information content (AvgIpc) is 2.40. The largest absolute Gasteiger partial charge is 0.456 e. The Balaban J connectivity index is 2.29. The van der Waals surface area contributed by atoms with Gasteiger partial charge in [-0.3, -0.25) is 0 Å². The molecule has 0 saturated heterocycles. The number of halogens is 1. The van der Waals surface area contributed by atoms with Crippen molar-refractivity contribution in [2.24, 2.45) is 0 Å². The van der Waals surface area contributed by atoms with Gasteiger partial charge in [0.1, 0.15) is 23.1 Å². The van der Waals surface area contributed by atoms with Crippen LogP contribution < -0.4 is 10.1 Å². The minimum Gasteiger partial charge on any atom is -0.456 e. The van der Waals surface area contributed by atoms with Crippen LogP contribution in [-0.4, -0.2) is 7.05 Å². The molecule has 4 heteroatoms. The molecule has 0 aliphatic rings. The van der Waals surface area contributed by atoms with Gasteiger partial charge in [0.15, 0.2) is 0 Å². The zero-order valence-electron chi connectivity index (χ0n) is 10.5. The lowest BCUT2D eigenvalue weighted by atomic mass is 10.2. The summed E-state index contributed by atoms with van der Waals surface area (Å²) in [7, 11) is 1.89. The van der Waals surface area contributed by atoms with E-state index in [1.165, 1.54) is 0 Å². The van der Waals surface area contributed by atoms with Crippen LogP contribution in [0, 0.1) is 11.3 Å². The molecule has 2 aromatic carbocycles. The van der Waals surface area contributed by atoms with Crippen LogP contribution in [0.5, 0.6) is 11.5 Å². The monoisotopic (exact) mass is 272 g/mol. The van der Waals surface area contributed by atoms with Gasteiger partial charge in [0, 0.05) is 6.54 Å². The van der Waals surface area contributed by atoms with E-state index in [9.17, 15) is 0 Å². The highest BCUT2D eigenvalue weighted by atomic mass is 35.5. The zero-order chi connectivity index (χ0) is 13.7. The van der Waals surface area contributed by atoms with Crippen molar-refractivity contribution < 1.29 is 4.74 Å². The molecule has 0 saturated carbocycles. The van der Waals surface area contributed by atoms with E-state index in [1.54, 1.807) is 18.2 Å². The fourth-order valence-electron chi connectivity index (χ4n) is 1.75. The summed E-state index contributed by atoms with van der Waals surface area (Å²) in [6, 6.07) is 14.9. The molecule has 0 bridgehead atoms. The molecule has 0 unspecified atom stereocenters. The van der Waals surface area contributed by atoms with E-state index in [4.69, 9.17) is 21.6 Å². The van der Waals surface area contributed by atoms with E-state index in [0.29, 0.717) is 22.1 Å². The van der Waals surface area contributed by atoms with Gasteiger partial charge in [-0.15, -0.1) is 0 Å². The molecule has 0 aliphatic heterocycles. The second kappa shape index (κ2) is 6.24. The van der Waals surface area contributed by atoms with Crippen LogP contribution in [0.2, 0.25) is 5.02 Å². The predicted molar refractivity (Wildman–Crippen MR) is 75.4 cm³/mol. The Kier molecular flexibility index (Phi) is 4.40. The van der Waals surface area contributed by atoms with Crippen molar-refractivity contribution in [3.8, 4) is 17.6 Å². The second-order valence-electron chi connectivity index (χ2n) is 4.00. The Hall–Kier alpha value is -2.02. The Morgan fingerprint density at radius 1 is 1.26 bits per heavy atom. The van der Waals surface area contributed by atoms with Crippen molar-refractivity contribution in [1.82, 2.24) is 5.32 Å². The van der Waals surface area contributed by atoms with Crippen molar-refractivity contribution >= 4 is 11.6 Å². The summed E-state index contributed by atoms with van der Waals surface area (Å²) in [5.74, 6) is 1.16. The Labute approximate surface area is 117 Å². The van der Waals surface area contributed by atoms with Crippen molar-refractivity contribution in [2.75, 3.05) is 7.05 Å². The molecule has 0 radical (unpaired) electrons. The van der Waals surface area contributed by atoms with Crippen LogP contribution in [0.25, 0.3) is 0 Å². The number of nitrogens with one attached hydrogen (secondary N) is 1. The molecular weight excluding hydrogens is 260 g/mol. The normalized spacial score (nSPS) is 9.95. The maximum atomic E-state index is 9.09. The number of rotatable bonds is 4. The summed E-state index contributed by atoms with van der Waals surface area (Å²) < 4.78 is 5.73. The second-order valence-corrected chi connectivity index (χ2v) is 4.41. The molecule has 0 fully saturated rings. The first kappa shape index (κ1) is 13.4. The highest BCUT2D eigenvalue weighted by molar-refractivity contribution is 6.31. The minimum atomic E-state index is 0.350. The van der Waals surface area contributed by atoms with Gasteiger partial charge in [-0.2, -0.15) is 5.26 Å². The van der Waals surface area contributed by atoms with Crippen LogP contribution in [0.3, 0.4) is 0 Å². The van der Waals surface area contributed by atoms with E-state index >= 15 is 0 Å². The van der Waals surface area contributed by atoms with Gasteiger partial charge in [-0.05, 0) is 36.9 Å². The predicted octanol–water partition coefficient (Wildman–Crippen LogP) is 3.72. The Morgan fingerprint density at radius 2 is 2.05 bits per heavy atom. The van der Waals surface area contributed by atoms with Crippen molar-refractivity contribution in [3.05, 3.63) is 58.6 Å². The molecule has 3 nitrogen and oxygen atoms in total. The minimum absolute atomic E-state index is 0.350. The summed E-state index contributed by atoms with van der Waals surface area (Å²) in [5, 5.41) is 12.6. The molecule has 0 aliphatic carbocycles. The SMILES string of the molecule is CNCc1cccc(Oc2cccc(Cl)c2C#N)c1. The van der Waals surface area contributed by atoms with E-state index in [-0.39, 0.29) is 0 Å². The zero-order valence-corrected chi connectivity index (χ0v) is 11.2. The molecule has 1 N–H and O–H groups in total. The van der Waals surface area contributed by atoms with Crippen LogP contribution in [-0.2, 0) is 6.54 Å². The number of benzene rings is 2. The number of hydrogen-bond acceptors (Lipinski definition) is 3. The third-order valence-electron chi connectivity index (χ3n) is 2.59. The first-order valence-corrected chi connectivity index (χ1v) is 6.22. The van der Waals surface area contributed by atoms with Crippen LogP contribution in [0.15, 0.2) is 42.5 Å². The third kappa shape index (κ3) is 3.25. The number of nitriles is 1. The van der Waals surface area contributed by atoms with Crippen LogP contribution in [0.4, 0.5) is 0 Å². The van der Waals surface area contributed by atoms with Gasteiger partial charge in [0.05, 0.1) is 5.02 Å². The van der Waals surface area contributed by atoms with Crippen molar-refractivity contribution in [3.63, 3.8) is 0 Å². The summed E-state index contributed by atoms with van der Waals surface area (Å²) in [5.41, 5.74) is 1.46. The number of ether oxygens (including phenoxy) is 1. The first-order valence-electron chi connectivity index (χ1n) is 5.84. The molecule has 0 aromatic heterocycles. The fourth-order valence-corrected chi connectivity index (χ4v) is 1.96. The van der Waals surface area contributed by atoms with E-state index < -0.39 is 0 Å². The lowest BCUT2D eigenvalue weighted by Gasteiger charge is -2.09. The van der Waals surface area contributed by atoms with Crippen molar-refractivity contribution in [2.45, 2.75) is 6.54 Å². The first-order chi connectivity index (χ1) is 9.24. The molecule has 2 aromatic rings. The maximum Gasteiger partial charge on any atom is 0.146 e. The molecule has 96 valence electrons. The van der Waals surface area contributed by atoms with Crippen LogP contribution >= 0.6 is 11.6 Å². The lowest BCUT2D eigenvalue weighted by Crippen LogP contribution is -2.04. The fraction of sp³-hybridized carbons (Fsp3) is 0.133. The molecule has 0 spiro atoms. The third-order valence-corrected chi connectivity index (χ3v) is 2.91. The summed E-state index contributed by atoms with van der Waals surface area (Å²) in [4.78, 5) is 0. The topological polar surface area (TPSA) is 45.0 Å². The summed E-state index contributed by atoms with van der Waals surface area (Å²) in [6.07, 6.45) is 0. The average molecular weight is 273 g/mol. The lowest BCUT2D eigenvalue weighted by molar-refractivity contribution is 0.480. The van der Waals surface area contributed by atoms with Gasteiger partial charge in [-0.25, -0.2) is 0 Å². The van der Waals surface area contributed by atoms with E-state index in [0.717, 1.165) is 12.1 Å². The molecule has 0 amide bonds. The summed E-state index contributed by atoms with van der Waals surface area (Å²) in [6.45, 7) is 0.762. The molecular formula is C15H13ClN2O. The van der Waals surface area contributed by atoms with Gasteiger partial charge < -0.3 is 10.1 Å². The number of nitrogens with zero attached hydrogens (tertiary/aromatic N) is 1. The van der Waals surface area contributed by atoms with Gasteiger partial charge >= 0.3 is 0 Å². The maximum absolute atomic E-state index is 9.09. The summed E-state index contributed by atoms with van der Waals surface area (Å²) >= 11 is 5.96. The van der Waals surface area contributed by atoms with Gasteiger partial charge in [0.2, 0.25) is 0 Å². The van der Waals surface area contributed by atoms with Gasteiger partial charge in [-0.1, -0.05) is 29.8 Å². The van der Waals surface area contributed by atoms with Crippen molar-refractivity contribution in [1.29, 1.82) is 5.26 Å². The quantitative estimate of drug-likeness (QED) is 0.922. The van der Waals surface area contributed by atoms with Crippen LogP contribution in [0.1, 0.15) is 11.1 Å². The molecule has 0 heterocycles. The highest BCUT2D eigenvalue weighted by Gasteiger charge is 2.08. The van der Waals surface area contributed by atoms with E-state index in [2.05, 4.69) is 11.4 Å². The highest BCUT2D eigenvalue weighted by Crippen LogP contribution is 2.29. The smallest absolute Gasteiger partial charge is 0.146 e. The molecule has 19 heavy (non-hydrogen) atoms. The number of hydrogen-bond donors (Lipinski definition) is 1.